The van der Waals surface area contributed by atoms with Crippen molar-refractivity contribution in [2.45, 2.75) is 11.8 Å². The van der Waals surface area contributed by atoms with Crippen molar-refractivity contribution in [3.63, 3.8) is 0 Å². The minimum Gasteiger partial charge on any atom is -0.376 e. The summed E-state index contributed by atoms with van der Waals surface area (Å²) in [5.41, 5.74) is 6.27. The third kappa shape index (κ3) is 3.65. The van der Waals surface area contributed by atoms with Gasteiger partial charge in [0.1, 0.15) is 0 Å². The van der Waals surface area contributed by atoms with E-state index in [-0.39, 0.29) is 0 Å². The van der Waals surface area contributed by atoms with E-state index in [2.05, 4.69) is 24.4 Å². The molecule has 1 aromatic carbocycles. The number of rotatable bonds is 3. The largest absolute Gasteiger partial charge is 0.376 e. The van der Waals surface area contributed by atoms with Crippen LogP contribution < -0.4 is 11.1 Å². The Kier molecular flexibility index (Phi) is 4.05. The van der Waals surface area contributed by atoms with E-state index < -0.39 is 0 Å². The molecule has 0 aliphatic heterocycles. The van der Waals surface area contributed by atoms with Crippen LogP contribution in [-0.4, -0.2) is 10.9 Å². The zero-order chi connectivity index (χ0) is 9.68. The Morgan fingerprint density at radius 1 is 1.46 bits per heavy atom. The maximum absolute atomic E-state index is 5.34. The summed E-state index contributed by atoms with van der Waals surface area (Å²) in [6.45, 7) is 2.13. The number of nitrogens with one attached hydrogen (secondary N) is 1. The number of thiocarbonyl (C=S) groups is 1. The van der Waals surface area contributed by atoms with Crippen LogP contribution in [0, 0.1) is 0 Å². The molecule has 0 amide bonds. The summed E-state index contributed by atoms with van der Waals surface area (Å²) in [4.78, 5) is 1.26. The van der Waals surface area contributed by atoms with Gasteiger partial charge < -0.3 is 11.1 Å². The molecule has 0 spiro atoms. The van der Waals surface area contributed by atoms with E-state index in [0.717, 1.165) is 11.4 Å². The molecule has 70 valence electrons. The van der Waals surface area contributed by atoms with Gasteiger partial charge in [-0.25, -0.2) is 0 Å². The summed E-state index contributed by atoms with van der Waals surface area (Å²) in [7, 11) is 0. The molecular formula is C9H12N2S2. The van der Waals surface area contributed by atoms with Crippen molar-refractivity contribution in [3.8, 4) is 0 Å². The van der Waals surface area contributed by atoms with Crippen LogP contribution in [0.1, 0.15) is 6.92 Å². The fourth-order valence-electron chi connectivity index (χ4n) is 0.943. The predicted octanol–water partition coefficient (Wildman–Crippen LogP) is 2.45. The number of nitrogens with two attached hydrogens (primary N) is 1. The van der Waals surface area contributed by atoms with Crippen molar-refractivity contribution < 1.29 is 0 Å². The van der Waals surface area contributed by atoms with Gasteiger partial charge in [0.05, 0.1) is 0 Å². The molecule has 0 heterocycles. The lowest BCUT2D eigenvalue weighted by molar-refractivity contribution is 1.42. The molecule has 3 N–H and O–H groups in total. The average molecular weight is 212 g/mol. The molecule has 0 aromatic heterocycles. The van der Waals surface area contributed by atoms with Crippen LogP contribution >= 0.6 is 24.0 Å². The van der Waals surface area contributed by atoms with Crippen molar-refractivity contribution in [2.24, 2.45) is 5.73 Å². The lowest BCUT2D eigenvalue weighted by Gasteiger charge is -2.04. The second-order valence-corrected chi connectivity index (χ2v) is 4.22. The lowest BCUT2D eigenvalue weighted by Crippen LogP contribution is -2.18. The second kappa shape index (κ2) is 5.09. The molecule has 0 radical (unpaired) electrons. The van der Waals surface area contributed by atoms with Gasteiger partial charge in [-0.2, -0.15) is 0 Å². The summed E-state index contributed by atoms with van der Waals surface area (Å²) in [5.74, 6) is 1.09. The second-order valence-electron chi connectivity index (χ2n) is 2.45. The molecule has 0 unspecified atom stereocenters. The van der Waals surface area contributed by atoms with E-state index in [1.807, 2.05) is 23.9 Å². The molecule has 4 heteroatoms. The van der Waals surface area contributed by atoms with Crippen LogP contribution in [0.4, 0.5) is 5.69 Å². The fraction of sp³-hybridized carbons (Fsp3) is 0.222. The third-order valence-corrected chi connectivity index (χ3v) is 2.43. The van der Waals surface area contributed by atoms with E-state index in [9.17, 15) is 0 Å². The Hall–Kier alpha value is -0.740. The molecule has 2 nitrogen and oxygen atoms in total. The van der Waals surface area contributed by atoms with Crippen LogP contribution in [0.5, 0.6) is 0 Å². The van der Waals surface area contributed by atoms with Gasteiger partial charge in [0.15, 0.2) is 5.11 Å². The predicted molar refractivity (Wildman–Crippen MR) is 63.2 cm³/mol. The molecule has 0 fully saturated rings. The van der Waals surface area contributed by atoms with Gasteiger partial charge in [-0.1, -0.05) is 6.92 Å². The SMILES string of the molecule is CCSc1ccc(NC(N)=S)cc1. The Labute approximate surface area is 87.9 Å². The molecule has 0 aliphatic rings. The van der Waals surface area contributed by atoms with Gasteiger partial charge in [0, 0.05) is 10.6 Å². The van der Waals surface area contributed by atoms with Crippen molar-refractivity contribution in [3.05, 3.63) is 24.3 Å². The molecule has 0 saturated carbocycles. The van der Waals surface area contributed by atoms with Crippen molar-refractivity contribution in [2.75, 3.05) is 11.1 Å². The summed E-state index contributed by atoms with van der Waals surface area (Å²) in [5, 5.41) is 3.18. The Bertz CT molecular complexity index is 282. The smallest absolute Gasteiger partial charge is 0.168 e. The first-order valence-corrected chi connectivity index (χ1v) is 5.41. The van der Waals surface area contributed by atoms with Gasteiger partial charge in [0.2, 0.25) is 0 Å². The highest BCUT2D eigenvalue weighted by Gasteiger charge is 1.94. The Morgan fingerprint density at radius 3 is 2.54 bits per heavy atom. The zero-order valence-electron chi connectivity index (χ0n) is 7.41. The maximum atomic E-state index is 5.34. The van der Waals surface area contributed by atoms with Crippen LogP contribution in [0.3, 0.4) is 0 Å². The maximum Gasteiger partial charge on any atom is 0.168 e. The number of thioether (sulfide) groups is 1. The molecule has 1 rings (SSSR count). The van der Waals surface area contributed by atoms with Gasteiger partial charge in [-0.15, -0.1) is 11.8 Å². The minimum atomic E-state index is 0.302. The molecule has 0 aliphatic carbocycles. The van der Waals surface area contributed by atoms with E-state index in [0.29, 0.717) is 5.11 Å². The molecule has 0 atom stereocenters. The lowest BCUT2D eigenvalue weighted by atomic mass is 10.3. The number of hydrogen-bond donors (Lipinski definition) is 2. The molecule has 13 heavy (non-hydrogen) atoms. The van der Waals surface area contributed by atoms with Crippen LogP contribution in [0.2, 0.25) is 0 Å². The Balaban J connectivity index is 2.64. The first-order chi connectivity index (χ1) is 6.22. The van der Waals surface area contributed by atoms with Crippen LogP contribution in [0.15, 0.2) is 29.2 Å². The van der Waals surface area contributed by atoms with Gasteiger partial charge in [-0.05, 0) is 42.2 Å². The number of hydrogen-bond acceptors (Lipinski definition) is 2. The van der Waals surface area contributed by atoms with E-state index in [1.54, 1.807) is 0 Å². The van der Waals surface area contributed by atoms with E-state index in [4.69, 9.17) is 18.0 Å². The highest BCUT2D eigenvalue weighted by atomic mass is 32.2. The van der Waals surface area contributed by atoms with Gasteiger partial charge in [0.25, 0.3) is 0 Å². The standard InChI is InChI=1S/C9H12N2S2/c1-2-13-8-5-3-7(4-6-8)11-9(10)12/h3-6H,2H2,1H3,(H3,10,11,12). The summed E-state index contributed by atoms with van der Waals surface area (Å²) < 4.78 is 0. The van der Waals surface area contributed by atoms with Crippen LogP contribution in [0.25, 0.3) is 0 Å². The summed E-state index contributed by atoms with van der Waals surface area (Å²) in [6.07, 6.45) is 0. The summed E-state index contributed by atoms with van der Waals surface area (Å²) in [6, 6.07) is 8.04. The minimum absolute atomic E-state index is 0.302. The first-order valence-electron chi connectivity index (χ1n) is 4.01. The zero-order valence-corrected chi connectivity index (χ0v) is 9.04. The number of benzene rings is 1. The quantitative estimate of drug-likeness (QED) is 0.596. The first kappa shape index (κ1) is 10.3. The van der Waals surface area contributed by atoms with Gasteiger partial charge >= 0.3 is 0 Å². The molecule has 0 saturated heterocycles. The highest BCUT2D eigenvalue weighted by molar-refractivity contribution is 7.99. The molecule has 0 bridgehead atoms. The third-order valence-electron chi connectivity index (χ3n) is 1.43. The summed E-state index contributed by atoms with van der Waals surface area (Å²) >= 11 is 6.53. The van der Waals surface area contributed by atoms with Crippen LogP contribution in [-0.2, 0) is 0 Å². The van der Waals surface area contributed by atoms with E-state index in [1.165, 1.54) is 4.90 Å². The van der Waals surface area contributed by atoms with E-state index >= 15 is 0 Å². The van der Waals surface area contributed by atoms with Crippen molar-refractivity contribution >= 4 is 34.8 Å². The van der Waals surface area contributed by atoms with Crippen molar-refractivity contribution in [1.82, 2.24) is 0 Å². The molecule has 1 aromatic rings. The fourth-order valence-corrected chi connectivity index (χ4v) is 1.72. The average Bonchev–Trinajstić information content (AvgIpc) is 2.08. The highest BCUT2D eigenvalue weighted by Crippen LogP contribution is 2.19. The topological polar surface area (TPSA) is 38.0 Å². The Morgan fingerprint density at radius 2 is 2.08 bits per heavy atom. The number of anilines is 1. The monoisotopic (exact) mass is 212 g/mol. The van der Waals surface area contributed by atoms with Crippen molar-refractivity contribution in [1.29, 1.82) is 0 Å². The van der Waals surface area contributed by atoms with Gasteiger partial charge in [-0.3, -0.25) is 0 Å². The normalized spacial score (nSPS) is 9.62. The molecular weight excluding hydrogens is 200 g/mol.